The van der Waals surface area contributed by atoms with Crippen molar-refractivity contribution in [1.82, 2.24) is 5.32 Å². The fourth-order valence-electron chi connectivity index (χ4n) is 1.93. The van der Waals surface area contributed by atoms with Crippen molar-refractivity contribution in [2.24, 2.45) is 0 Å². The molecule has 0 aromatic heterocycles. The predicted molar refractivity (Wildman–Crippen MR) is 82.9 cm³/mol. The van der Waals surface area contributed by atoms with Crippen LogP contribution in [0.25, 0.3) is 0 Å². The number of nitrogens with one attached hydrogen (secondary N) is 1. The largest absolute Gasteiger partial charge is 0.399 e. The first kappa shape index (κ1) is 14.4. The molecule has 0 radical (unpaired) electrons. The fourth-order valence-corrected chi connectivity index (χ4v) is 2.06. The third kappa shape index (κ3) is 3.31. The van der Waals surface area contributed by atoms with E-state index in [-0.39, 0.29) is 11.9 Å². The van der Waals surface area contributed by atoms with Gasteiger partial charge in [-0.05, 0) is 55.3 Å². The Morgan fingerprint density at radius 1 is 1.20 bits per heavy atom. The van der Waals surface area contributed by atoms with Crippen LogP contribution < -0.4 is 11.1 Å². The second-order valence-electron chi connectivity index (χ2n) is 4.82. The average molecular weight is 289 g/mol. The van der Waals surface area contributed by atoms with Crippen LogP contribution in [0, 0.1) is 6.92 Å². The molecule has 2 rings (SSSR count). The molecular formula is C16H17ClN2O. The monoisotopic (exact) mass is 288 g/mol. The van der Waals surface area contributed by atoms with Gasteiger partial charge in [-0.2, -0.15) is 0 Å². The van der Waals surface area contributed by atoms with Gasteiger partial charge in [0.1, 0.15) is 0 Å². The summed E-state index contributed by atoms with van der Waals surface area (Å²) in [6, 6.07) is 12.6. The second-order valence-corrected chi connectivity index (χ2v) is 5.25. The molecule has 0 saturated heterocycles. The van der Waals surface area contributed by atoms with E-state index >= 15 is 0 Å². The minimum absolute atomic E-state index is 0.0855. The minimum atomic E-state index is -0.115. The summed E-state index contributed by atoms with van der Waals surface area (Å²) in [6.45, 7) is 3.82. The molecule has 3 N–H and O–H groups in total. The minimum Gasteiger partial charge on any atom is -0.399 e. The number of rotatable bonds is 3. The molecule has 20 heavy (non-hydrogen) atoms. The van der Waals surface area contributed by atoms with E-state index in [0.717, 1.165) is 11.1 Å². The molecule has 4 heteroatoms. The molecule has 1 atom stereocenters. The van der Waals surface area contributed by atoms with Crippen molar-refractivity contribution < 1.29 is 4.79 Å². The highest BCUT2D eigenvalue weighted by Crippen LogP contribution is 2.17. The zero-order chi connectivity index (χ0) is 14.7. The number of benzene rings is 2. The maximum absolute atomic E-state index is 12.2. The van der Waals surface area contributed by atoms with Crippen molar-refractivity contribution >= 4 is 23.2 Å². The number of nitrogens with two attached hydrogens (primary N) is 1. The average Bonchev–Trinajstić information content (AvgIpc) is 2.42. The van der Waals surface area contributed by atoms with Gasteiger partial charge in [0.15, 0.2) is 0 Å². The summed E-state index contributed by atoms with van der Waals surface area (Å²) < 4.78 is 0. The lowest BCUT2D eigenvalue weighted by Gasteiger charge is -2.15. The standard InChI is InChI=1S/C16H17ClN2O/c1-10-9-13(5-8-15(10)18)16(20)19-11(2)12-3-6-14(17)7-4-12/h3-9,11H,18H2,1-2H3,(H,19,20)/t11-/m1/s1. The summed E-state index contributed by atoms with van der Waals surface area (Å²) >= 11 is 5.85. The molecule has 0 aliphatic carbocycles. The zero-order valence-corrected chi connectivity index (χ0v) is 12.2. The number of hydrogen-bond donors (Lipinski definition) is 2. The van der Waals surface area contributed by atoms with Gasteiger partial charge < -0.3 is 11.1 Å². The second kappa shape index (κ2) is 5.97. The summed E-state index contributed by atoms with van der Waals surface area (Å²) in [6.07, 6.45) is 0. The van der Waals surface area contributed by atoms with Crippen molar-refractivity contribution in [3.05, 3.63) is 64.2 Å². The Labute approximate surface area is 123 Å². The SMILES string of the molecule is Cc1cc(C(=O)N[C@H](C)c2ccc(Cl)cc2)ccc1N. The lowest BCUT2D eigenvalue weighted by atomic mass is 10.1. The Kier molecular flexibility index (Phi) is 4.30. The number of hydrogen-bond acceptors (Lipinski definition) is 2. The van der Waals surface area contributed by atoms with Gasteiger partial charge in [0.05, 0.1) is 6.04 Å². The number of anilines is 1. The molecule has 0 aliphatic heterocycles. The highest BCUT2D eigenvalue weighted by Gasteiger charge is 2.12. The van der Waals surface area contributed by atoms with Crippen LogP contribution >= 0.6 is 11.6 Å². The van der Waals surface area contributed by atoms with Crippen molar-refractivity contribution in [1.29, 1.82) is 0 Å². The molecule has 104 valence electrons. The number of amides is 1. The Hall–Kier alpha value is -2.00. The van der Waals surface area contributed by atoms with Crippen LogP contribution in [0.5, 0.6) is 0 Å². The van der Waals surface area contributed by atoms with E-state index in [1.165, 1.54) is 0 Å². The van der Waals surface area contributed by atoms with E-state index in [0.29, 0.717) is 16.3 Å². The van der Waals surface area contributed by atoms with Crippen molar-refractivity contribution in [2.75, 3.05) is 5.73 Å². The Morgan fingerprint density at radius 2 is 1.85 bits per heavy atom. The molecule has 0 saturated carbocycles. The van der Waals surface area contributed by atoms with E-state index in [9.17, 15) is 4.79 Å². The van der Waals surface area contributed by atoms with Crippen LogP contribution in [0.15, 0.2) is 42.5 Å². The van der Waals surface area contributed by atoms with Crippen LogP contribution in [-0.4, -0.2) is 5.91 Å². The maximum Gasteiger partial charge on any atom is 0.251 e. The number of carbonyl (C=O) groups excluding carboxylic acids is 1. The van der Waals surface area contributed by atoms with Gasteiger partial charge in [0, 0.05) is 16.3 Å². The van der Waals surface area contributed by atoms with Gasteiger partial charge in [-0.3, -0.25) is 4.79 Å². The smallest absolute Gasteiger partial charge is 0.251 e. The zero-order valence-electron chi connectivity index (χ0n) is 11.5. The molecular weight excluding hydrogens is 272 g/mol. The summed E-state index contributed by atoms with van der Waals surface area (Å²) in [7, 11) is 0. The predicted octanol–water partition coefficient (Wildman–Crippen LogP) is 3.72. The topological polar surface area (TPSA) is 55.1 Å². The number of halogens is 1. The summed E-state index contributed by atoms with van der Waals surface area (Å²) in [5.41, 5.74) is 8.96. The summed E-state index contributed by atoms with van der Waals surface area (Å²) in [4.78, 5) is 12.2. The van der Waals surface area contributed by atoms with Crippen LogP contribution in [0.2, 0.25) is 5.02 Å². The van der Waals surface area contributed by atoms with Crippen molar-refractivity contribution in [2.45, 2.75) is 19.9 Å². The molecule has 0 bridgehead atoms. The van der Waals surface area contributed by atoms with E-state index < -0.39 is 0 Å². The molecule has 2 aromatic rings. The van der Waals surface area contributed by atoms with Gasteiger partial charge in [0.25, 0.3) is 5.91 Å². The van der Waals surface area contributed by atoms with Crippen LogP contribution in [0.3, 0.4) is 0 Å². The van der Waals surface area contributed by atoms with E-state index in [1.54, 1.807) is 18.2 Å². The van der Waals surface area contributed by atoms with Gasteiger partial charge >= 0.3 is 0 Å². The highest BCUT2D eigenvalue weighted by molar-refractivity contribution is 6.30. The molecule has 0 fully saturated rings. The molecule has 0 unspecified atom stereocenters. The Morgan fingerprint density at radius 3 is 2.45 bits per heavy atom. The van der Waals surface area contributed by atoms with Crippen molar-refractivity contribution in [3.8, 4) is 0 Å². The third-order valence-electron chi connectivity index (χ3n) is 3.25. The van der Waals surface area contributed by atoms with E-state index in [4.69, 9.17) is 17.3 Å². The summed E-state index contributed by atoms with van der Waals surface area (Å²) in [5.74, 6) is -0.115. The van der Waals surface area contributed by atoms with Gasteiger partial charge in [0.2, 0.25) is 0 Å². The fraction of sp³-hybridized carbons (Fsp3) is 0.188. The van der Waals surface area contributed by atoms with Crippen LogP contribution in [0.1, 0.15) is 34.5 Å². The van der Waals surface area contributed by atoms with Crippen molar-refractivity contribution in [3.63, 3.8) is 0 Å². The van der Waals surface area contributed by atoms with Crippen LogP contribution in [-0.2, 0) is 0 Å². The first-order chi connectivity index (χ1) is 9.47. The first-order valence-electron chi connectivity index (χ1n) is 6.40. The Balaban J connectivity index is 2.10. The first-order valence-corrected chi connectivity index (χ1v) is 6.77. The molecule has 2 aromatic carbocycles. The van der Waals surface area contributed by atoms with E-state index in [2.05, 4.69) is 5.32 Å². The lowest BCUT2D eigenvalue weighted by Crippen LogP contribution is -2.26. The molecule has 0 aliphatic rings. The lowest BCUT2D eigenvalue weighted by molar-refractivity contribution is 0.0940. The number of carbonyl (C=O) groups is 1. The van der Waals surface area contributed by atoms with E-state index in [1.807, 2.05) is 38.1 Å². The maximum atomic E-state index is 12.2. The molecule has 3 nitrogen and oxygen atoms in total. The third-order valence-corrected chi connectivity index (χ3v) is 3.50. The molecule has 0 spiro atoms. The molecule has 0 heterocycles. The van der Waals surface area contributed by atoms with Gasteiger partial charge in [-0.15, -0.1) is 0 Å². The summed E-state index contributed by atoms with van der Waals surface area (Å²) in [5, 5.41) is 3.64. The highest BCUT2D eigenvalue weighted by atomic mass is 35.5. The van der Waals surface area contributed by atoms with Gasteiger partial charge in [-0.1, -0.05) is 23.7 Å². The van der Waals surface area contributed by atoms with Crippen LogP contribution in [0.4, 0.5) is 5.69 Å². The number of nitrogen functional groups attached to an aromatic ring is 1. The normalized spacial score (nSPS) is 11.9. The quantitative estimate of drug-likeness (QED) is 0.846. The molecule has 1 amide bonds. The van der Waals surface area contributed by atoms with Gasteiger partial charge in [-0.25, -0.2) is 0 Å². The Bertz CT molecular complexity index is 623. The number of aryl methyl sites for hydroxylation is 1.